The van der Waals surface area contributed by atoms with E-state index in [1.54, 1.807) is 11.8 Å². The molecule has 110 valence electrons. The molecule has 4 nitrogen and oxygen atoms in total. The van der Waals surface area contributed by atoms with Crippen molar-refractivity contribution >= 4 is 34.3 Å². The van der Waals surface area contributed by atoms with Crippen molar-refractivity contribution < 1.29 is 9.90 Å². The number of fused-ring (bicyclic) bond motifs is 3. The van der Waals surface area contributed by atoms with Gasteiger partial charge in [-0.05, 0) is 43.2 Å². The van der Waals surface area contributed by atoms with E-state index in [2.05, 4.69) is 21.9 Å². The van der Waals surface area contributed by atoms with Crippen molar-refractivity contribution in [2.75, 3.05) is 6.26 Å². The first-order valence-electron chi connectivity index (χ1n) is 7.15. The molecule has 0 bridgehead atoms. The molecule has 0 fully saturated rings. The molecule has 1 aliphatic rings. The number of thioether (sulfide) groups is 1. The summed E-state index contributed by atoms with van der Waals surface area (Å²) in [4.78, 5) is 17.2. The normalized spacial score (nSPS) is 16.9. The lowest BCUT2D eigenvalue weighted by Gasteiger charge is -2.20. The van der Waals surface area contributed by atoms with Gasteiger partial charge in [-0.25, -0.2) is 9.78 Å². The van der Waals surface area contributed by atoms with Gasteiger partial charge in [0.1, 0.15) is 5.65 Å². The van der Waals surface area contributed by atoms with Gasteiger partial charge < -0.3 is 9.67 Å². The molecule has 1 aliphatic heterocycles. The molecule has 0 aromatic carbocycles. The number of aromatic nitrogens is 2. The monoisotopic (exact) mass is 302 g/mol. The summed E-state index contributed by atoms with van der Waals surface area (Å²) in [5.74, 6) is -0.802. The summed E-state index contributed by atoms with van der Waals surface area (Å²) >= 11 is 1.70. The molecule has 0 aliphatic carbocycles. The highest BCUT2D eigenvalue weighted by molar-refractivity contribution is 7.98. The van der Waals surface area contributed by atoms with E-state index in [0.717, 1.165) is 41.7 Å². The average molecular weight is 302 g/mol. The molecule has 2 aromatic heterocycles. The standard InChI is InChI=1S/C16H18N2O2S/c1-3-10(16(19)20)11-5-4-8-18-13(11)9-12-14(21-2)6-7-17-15(12)18/h6-7,9H,3-5,8H2,1-2H3,(H,19,20). The first-order valence-corrected chi connectivity index (χ1v) is 8.37. The van der Waals surface area contributed by atoms with Gasteiger partial charge in [0.15, 0.2) is 0 Å². The smallest absolute Gasteiger partial charge is 0.331 e. The van der Waals surface area contributed by atoms with Crippen molar-refractivity contribution in [1.82, 2.24) is 9.55 Å². The summed E-state index contributed by atoms with van der Waals surface area (Å²) in [5, 5.41) is 10.6. The number of pyridine rings is 1. The lowest BCUT2D eigenvalue weighted by Crippen LogP contribution is -2.13. The van der Waals surface area contributed by atoms with Gasteiger partial charge in [0, 0.05) is 34.3 Å². The zero-order chi connectivity index (χ0) is 15.0. The number of hydrogen-bond donors (Lipinski definition) is 1. The topological polar surface area (TPSA) is 55.1 Å². The highest BCUT2D eigenvalue weighted by atomic mass is 32.2. The molecule has 0 amide bonds. The van der Waals surface area contributed by atoms with Crippen molar-refractivity contribution in [2.45, 2.75) is 37.6 Å². The molecular formula is C16H18N2O2S. The third-order valence-corrected chi connectivity index (χ3v) is 4.87. The minimum Gasteiger partial charge on any atom is -0.478 e. The maximum Gasteiger partial charge on any atom is 0.331 e. The number of carbonyl (C=O) groups is 1. The highest BCUT2D eigenvalue weighted by Crippen LogP contribution is 2.37. The van der Waals surface area contributed by atoms with Crippen LogP contribution < -0.4 is 0 Å². The average Bonchev–Trinajstić information content (AvgIpc) is 2.87. The van der Waals surface area contributed by atoms with Crippen LogP contribution in [-0.4, -0.2) is 26.9 Å². The van der Waals surface area contributed by atoms with Gasteiger partial charge in [0.05, 0.1) is 0 Å². The fraction of sp³-hybridized carbons (Fsp3) is 0.375. The van der Waals surface area contributed by atoms with Gasteiger partial charge in [0.25, 0.3) is 0 Å². The quantitative estimate of drug-likeness (QED) is 0.692. The molecule has 0 spiro atoms. The number of carboxylic acids is 1. The van der Waals surface area contributed by atoms with Gasteiger partial charge in [-0.15, -0.1) is 11.8 Å². The fourth-order valence-electron chi connectivity index (χ4n) is 3.12. The molecule has 0 atom stereocenters. The van der Waals surface area contributed by atoms with Crippen molar-refractivity contribution in [3.05, 3.63) is 29.6 Å². The summed E-state index contributed by atoms with van der Waals surface area (Å²) in [7, 11) is 0. The number of allylic oxidation sites excluding steroid dienone is 1. The first kappa shape index (κ1) is 14.2. The van der Waals surface area contributed by atoms with Gasteiger partial charge in [-0.1, -0.05) is 6.92 Å². The van der Waals surface area contributed by atoms with Crippen molar-refractivity contribution in [3.8, 4) is 0 Å². The Labute approximate surface area is 127 Å². The van der Waals surface area contributed by atoms with Crippen LogP contribution in [0.15, 0.2) is 28.8 Å². The SMILES string of the molecule is CCC(C(=O)O)=C1CCCn2c1cc1c(SC)ccnc12. The number of hydrogen-bond acceptors (Lipinski definition) is 3. The Morgan fingerprint density at radius 2 is 2.33 bits per heavy atom. The van der Waals surface area contributed by atoms with Crippen LogP contribution in [0.4, 0.5) is 0 Å². The molecule has 0 saturated heterocycles. The Balaban J connectivity index is 2.30. The van der Waals surface area contributed by atoms with Crippen LogP contribution in [0, 0.1) is 0 Å². The lowest BCUT2D eigenvalue weighted by atomic mass is 9.95. The molecule has 3 heterocycles. The van der Waals surface area contributed by atoms with E-state index in [1.165, 1.54) is 4.90 Å². The Kier molecular flexibility index (Phi) is 3.76. The summed E-state index contributed by atoms with van der Waals surface area (Å²) in [6.07, 6.45) is 6.23. The van der Waals surface area contributed by atoms with Crippen LogP contribution >= 0.6 is 11.8 Å². The number of nitrogens with zero attached hydrogens (tertiary/aromatic N) is 2. The van der Waals surface area contributed by atoms with Gasteiger partial charge >= 0.3 is 5.97 Å². The summed E-state index contributed by atoms with van der Waals surface area (Å²) in [6.45, 7) is 2.81. The summed E-state index contributed by atoms with van der Waals surface area (Å²) in [5.41, 5.74) is 3.50. The number of rotatable bonds is 3. The minimum atomic E-state index is -0.802. The molecule has 0 unspecified atom stereocenters. The largest absolute Gasteiger partial charge is 0.478 e. The molecule has 2 aromatic rings. The van der Waals surface area contributed by atoms with Crippen LogP contribution in [0.25, 0.3) is 16.6 Å². The molecule has 3 rings (SSSR count). The molecule has 1 N–H and O–H groups in total. The molecule has 5 heteroatoms. The zero-order valence-electron chi connectivity index (χ0n) is 12.2. The Morgan fingerprint density at radius 3 is 3.00 bits per heavy atom. The molecule has 21 heavy (non-hydrogen) atoms. The van der Waals surface area contributed by atoms with Crippen molar-refractivity contribution in [3.63, 3.8) is 0 Å². The van der Waals surface area contributed by atoms with E-state index in [-0.39, 0.29) is 0 Å². The Bertz CT molecular complexity index is 746. The zero-order valence-corrected chi connectivity index (χ0v) is 13.0. The van der Waals surface area contributed by atoms with Gasteiger partial charge in [-0.2, -0.15) is 0 Å². The predicted octanol–water partition coefficient (Wildman–Crippen LogP) is 3.80. The second-order valence-electron chi connectivity index (χ2n) is 5.15. The molecule has 0 radical (unpaired) electrons. The van der Waals surface area contributed by atoms with Crippen LogP contribution in [-0.2, 0) is 11.3 Å². The highest BCUT2D eigenvalue weighted by Gasteiger charge is 2.23. The summed E-state index contributed by atoms with van der Waals surface area (Å²) < 4.78 is 2.17. The second kappa shape index (κ2) is 5.56. The van der Waals surface area contributed by atoms with Crippen LogP contribution in [0.5, 0.6) is 0 Å². The predicted molar refractivity (Wildman–Crippen MR) is 85.6 cm³/mol. The number of aliphatic carboxylic acids is 1. The van der Waals surface area contributed by atoms with Gasteiger partial charge in [0.2, 0.25) is 0 Å². The first-order chi connectivity index (χ1) is 10.2. The minimum absolute atomic E-state index is 0.532. The second-order valence-corrected chi connectivity index (χ2v) is 6.00. The van der Waals surface area contributed by atoms with E-state index >= 15 is 0 Å². The van der Waals surface area contributed by atoms with Crippen LogP contribution in [0.3, 0.4) is 0 Å². The Hall–Kier alpha value is -1.75. The van der Waals surface area contributed by atoms with E-state index in [9.17, 15) is 9.90 Å². The Morgan fingerprint density at radius 1 is 1.52 bits per heavy atom. The number of aryl methyl sites for hydroxylation is 1. The van der Waals surface area contributed by atoms with E-state index < -0.39 is 5.97 Å². The third-order valence-electron chi connectivity index (χ3n) is 4.07. The maximum absolute atomic E-state index is 11.5. The molecule has 0 saturated carbocycles. The van der Waals surface area contributed by atoms with Crippen LogP contribution in [0.2, 0.25) is 0 Å². The van der Waals surface area contributed by atoms with E-state index in [4.69, 9.17) is 0 Å². The fourth-order valence-corrected chi connectivity index (χ4v) is 3.69. The van der Waals surface area contributed by atoms with Crippen LogP contribution in [0.1, 0.15) is 31.9 Å². The lowest BCUT2D eigenvalue weighted by molar-refractivity contribution is -0.132. The van der Waals surface area contributed by atoms with E-state index in [1.807, 2.05) is 19.2 Å². The molecular weight excluding hydrogens is 284 g/mol. The summed E-state index contributed by atoms with van der Waals surface area (Å²) in [6, 6.07) is 4.13. The van der Waals surface area contributed by atoms with Crippen molar-refractivity contribution in [2.24, 2.45) is 0 Å². The maximum atomic E-state index is 11.5. The number of carboxylic acid groups (broad SMARTS) is 1. The van der Waals surface area contributed by atoms with Gasteiger partial charge in [-0.3, -0.25) is 0 Å². The van der Waals surface area contributed by atoms with Crippen molar-refractivity contribution in [1.29, 1.82) is 0 Å². The van der Waals surface area contributed by atoms with E-state index in [0.29, 0.717) is 12.0 Å². The third kappa shape index (κ3) is 2.25.